The molecular formula is C13H19N3O4S. The Morgan fingerprint density at radius 3 is 2.62 bits per heavy atom. The van der Waals surface area contributed by atoms with E-state index in [1.54, 1.807) is 13.0 Å². The predicted octanol–water partition coefficient (Wildman–Crippen LogP) is 0.793. The summed E-state index contributed by atoms with van der Waals surface area (Å²) >= 11 is 0. The lowest BCUT2D eigenvalue weighted by molar-refractivity contribution is 0.171. The molecule has 0 fully saturated rings. The molecule has 0 bridgehead atoms. The number of amidine groups is 1. The Morgan fingerprint density at radius 2 is 2.00 bits per heavy atom. The van der Waals surface area contributed by atoms with E-state index in [9.17, 15) is 8.42 Å². The lowest BCUT2D eigenvalue weighted by Crippen LogP contribution is -2.37. The van der Waals surface area contributed by atoms with Crippen LogP contribution in [0, 0.1) is 5.41 Å². The predicted molar refractivity (Wildman–Crippen MR) is 78.4 cm³/mol. The summed E-state index contributed by atoms with van der Waals surface area (Å²) in [4.78, 5) is 0.129. The fraction of sp³-hybridized carbons (Fsp3) is 0.462. The summed E-state index contributed by atoms with van der Waals surface area (Å²) in [6.45, 7) is 2.55. The number of nitrogens with two attached hydrogens (primary N) is 1. The van der Waals surface area contributed by atoms with E-state index >= 15 is 0 Å². The van der Waals surface area contributed by atoms with Gasteiger partial charge in [0, 0.05) is 25.6 Å². The highest BCUT2D eigenvalue weighted by Crippen LogP contribution is 2.33. The second kappa shape index (κ2) is 5.90. The van der Waals surface area contributed by atoms with Crippen molar-refractivity contribution in [3.8, 4) is 11.5 Å². The number of sulfonamides is 1. The maximum Gasteiger partial charge on any atom is 0.243 e. The molecule has 8 heteroatoms. The van der Waals surface area contributed by atoms with E-state index in [2.05, 4.69) is 0 Å². The van der Waals surface area contributed by atoms with Crippen LogP contribution in [0.25, 0.3) is 0 Å². The minimum absolute atomic E-state index is 0.0493. The van der Waals surface area contributed by atoms with Gasteiger partial charge < -0.3 is 15.2 Å². The van der Waals surface area contributed by atoms with E-state index < -0.39 is 16.1 Å². The number of nitrogens with zero attached hydrogens (tertiary/aromatic N) is 1. The maximum atomic E-state index is 12.6. The molecule has 3 N–H and O–H groups in total. The molecule has 1 aliphatic heterocycles. The molecule has 0 aromatic heterocycles. The third kappa shape index (κ3) is 3.27. The normalized spacial score (nSPS) is 15.8. The summed E-state index contributed by atoms with van der Waals surface area (Å²) in [5, 5.41) is 7.27. The minimum atomic E-state index is -3.67. The lowest BCUT2D eigenvalue weighted by atomic mass is 10.2. The molecular weight excluding hydrogens is 294 g/mol. The van der Waals surface area contributed by atoms with Crippen LogP contribution in [0.5, 0.6) is 11.5 Å². The van der Waals surface area contributed by atoms with Gasteiger partial charge in [0.15, 0.2) is 11.5 Å². The summed E-state index contributed by atoms with van der Waals surface area (Å²) in [6, 6.07) is 4.13. The first-order valence-corrected chi connectivity index (χ1v) is 7.97. The molecule has 0 amide bonds. The van der Waals surface area contributed by atoms with Gasteiger partial charge >= 0.3 is 0 Å². The Labute approximate surface area is 124 Å². The van der Waals surface area contributed by atoms with Crippen LogP contribution >= 0.6 is 0 Å². The van der Waals surface area contributed by atoms with Gasteiger partial charge in [-0.1, -0.05) is 0 Å². The van der Waals surface area contributed by atoms with Gasteiger partial charge in [-0.15, -0.1) is 0 Å². The largest absolute Gasteiger partial charge is 0.486 e. The van der Waals surface area contributed by atoms with E-state index in [-0.39, 0.29) is 17.2 Å². The van der Waals surface area contributed by atoms with Gasteiger partial charge in [-0.25, -0.2) is 8.42 Å². The van der Waals surface area contributed by atoms with Gasteiger partial charge in [0.05, 0.1) is 10.7 Å². The number of hydrogen-bond acceptors (Lipinski definition) is 5. The first-order valence-electron chi connectivity index (χ1n) is 6.53. The summed E-state index contributed by atoms with van der Waals surface area (Å²) in [5.74, 6) is 0.918. The van der Waals surface area contributed by atoms with Crippen molar-refractivity contribution in [3.63, 3.8) is 0 Å². The molecule has 1 aromatic carbocycles. The van der Waals surface area contributed by atoms with E-state index in [0.717, 1.165) is 0 Å². The summed E-state index contributed by atoms with van der Waals surface area (Å²) in [7, 11) is -2.20. The quantitative estimate of drug-likeness (QED) is 0.617. The van der Waals surface area contributed by atoms with Crippen LogP contribution in [-0.2, 0) is 10.0 Å². The van der Waals surface area contributed by atoms with E-state index in [1.807, 2.05) is 0 Å². The van der Waals surface area contributed by atoms with Crippen molar-refractivity contribution in [2.75, 3.05) is 20.3 Å². The number of ether oxygens (including phenoxy) is 2. The van der Waals surface area contributed by atoms with Crippen LogP contribution in [0.4, 0.5) is 0 Å². The Hall–Kier alpha value is -1.80. The van der Waals surface area contributed by atoms with Crippen LogP contribution in [0.3, 0.4) is 0 Å². The monoisotopic (exact) mass is 313 g/mol. The molecule has 1 atom stereocenters. The molecule has 0 saturated carbocycles. The summed E-state index contributed by atoms with van der Waals surface area (Å²) < 4.78 is 37.1. The third-order valence-electron chi connectivity index (χ3n) is 3.33. The summed E-state index contributed by atoms with van der Waals surface area (Å²) in [5.41, 5.74) is 5.33. The van der Waals surface area contributed by atoms with Gasteiger partial charge in [-0.05, 0) is 19.1 Å². The van der Waals surface area contributed by atoms with Crippen LogP contribution in [0.1, 0.15) is 13.3 Å². The fourth-order valence-electron chi connectivity index (χ4n) is 2.03. The lowest BCUT2D eigenvalue weighted by Gasteiger charge is -2.25. The number of nitrogens with one attached hydrogen (secondary N) is 1. The van der Waals surface area contributed by atoms with Crippen LogP contribution in [-0.4, -0.2) is 44.9 Å². The van der Waals surface area contributed by atoms with E-state index in [4.69, 9.17) is 20.6 Å². The smallest absolute Gasteiger partial charge is 0.243 e. The number of benzene rings is 1. The number of fused-ring (bicyclic) bond motifs is 1. The third-order valence-corrected chi connectivity index (χ3v) is 5.29. The van der Waals surface area contributed by atoms with Crippen molar-refractivity contribution in [1.29, 1.82) is 5.41 Å². The molecule has 1 aliphatic rings. The van der Waals surface area contributed by atoms with Crippen molar-refractivity contribution in [2.24, 2.45) is 5.73 Å². The first kappa shape index (κ1) is 15.6. The Kier molecular flexibility index (Phi) is 4.38. The molecule has 0 aliphatic carbocycles. The van der Waals surface area contributed by atoms with Crippen molar-refractivity contribution in [1.82, 2.24) is 4.31 Å². The Balaban J connectivity index is 2.28. The zero-order valence-corrected chi connectivity index (χ0v) is 12.8. The highest BCUT2D eigenvalue weighted by Gasteiger charge is 2.27. The standard InChI is InChI=1S/C13H19N3O4S/c1-9(7-13(14)15)16(2)21(17,18)10-3-4-11-12(8-10)20-6-5-19-11/h3-4,8-9H,5-7H2,1-2H3,(H3,14,15). The molecule has 0 spiro atoms. The van der Waals surface area contributed by atoms with Crippen LogP contribution in [0.15, 0.2) is 23.1 Å². The van der Waals surface area contributed by atoms with Crippen molar-refractivity contribution in [3.05, 3.63) is 18.2 Å². The van der Waals surface area contributed by atoms with Gasteiger partial charge in [0.2, 0.25) is 10.0 Å². The molecule has 0 radical (unpaired) electrons. The summed E-state index contributed by atoms with van der Waals surface area (Å²) in [6.07, 6.45) is 0.181. The zero-order chi connectivity index (χ0) is 15.6. The van der Waals surface area contributed by atoms with Gasteiger partial charge in [0.25, 0.3) is 0 Å². The molecule has 1 unspecified atom stereocenters. The van der Waals surface area contributed by atoms with Crippen molar-refractivity contribution < 1.29 is 17.9 Å². The highest BCUT2D eigenvalue weighted by molar-refractivity contribution is 7.89. The molecule has 21 heavy (non-hydrogen) atoms. The van der Waals surface area contributed by atoms with Gasteiger partial charge in [-0.2, -0.15) is 4.31 Å². The Morgan fingerprint density at radius 1 is 1.38 bits per heavy atom. The number of hydrogen-bond donors (Lipinski definition) is 2. The molecule has 7 nitrogen and oxygen atoms in total. The van der Waals surface area contributed by atoms with Crippen LogP contribution < -0.4 is 15.2 Å². The van der Waals surface area contributed by atoms with Crippen LogP contribution in [0.2, 0.25) is 0 Å². The minimum Gasteiger partial charge on any atom is -0.486 e. The van der Waals surface area contributed by atoms with Crippen molar-refractivity contribution >= 4 is 15.9 Å². The molecule has 1 aromatic rings. The first-order chi connectivity index (χ1) is 9.82. The van der Waals surface area contributed by atoms with Gasteiger partial charge in [-0.3, -0.25) is 5.41 Å². The SMILES string of the molecule is CC(CC(=N)N)N(C)S(=O)(=O)c1ccc2c(c1)OCCO2. The Bertz CT molecular complexity index is 645. The zero-order valence-electron chi connectivity index (χ0n) is 12.0. The average molecular weight is 313 g/mol. The highest BCUT2D eigenvalue weighted by atomic mass is 32.2. The molecule has 116 valence electrons. The second-order valence-corrected chi connectivity index (χ2v) is 6.90. The maximum absolute atomic E-state index is 12.6. The fourth-order valence-corrected chi connectivity index (χ4v) is 3.41. The topological polar surface area (TPSA) is 106 Å². The average Bonchev–Trinajstić information content (AvgIpc) is 2.45. The molecule has 1 heterocycles. The van der Waals surface area contributed by atoms with Crippen molar-refractivity contribution in [2.45, 2.75) is 24.3 Å². The van der Waals surface area contributed by atoms with E-state index in [0.29, 0.717) is 24.7 Å². The van der Waals surface area contributed by atoms with Gasteiger partial charge in [0.1, 0.15) is 13.2 Å². The number of rotatable bonds is 5. The molecule has 0 saturated heterocycles. The van der Waals surface area contributed by atoms with E-state index in [1.165, 1.54) is 23.5 Å². The molecule has 2 rings (SSSR count). The second-order valence-electron chi connectivity index (χ2n) is 4.91.